The summed E-state index contributed by atoms with van der Waals surface area (Å²) < 4.78 is 78.4. The molecule has 1 aliphatic carbocycles. The number of rotatable bonds is 9. The van der Waals surface area contributed by atoms with Crippen molar-refractivity contribution in [3.8, 4) is 16.9 Å². The van der Waals surface area contributed by atoms with E-state index in [0.29, 0.717) is 29.9 Å². The average molecular weight is 950 g/mol. The molecule has 358 valence electrons. The third-order valence-electron chi connectivity index (χ3n) is 13.0. The number of imide groups is 1. The molecule has 0 spiro atoms. The molecule has 4 N–H and O–H groups in total. The fraction of sp³-hybridized carbons (Fsp3) is 0.391. The van der Waals surface area contributed by atoms with Crippen molar-refractivity contribution in [2.45, 2.75) is 76.0 Å². The maximum Gasteiger partial charge on any atom is 0.490 e. The molecule has 68 heavy (non-hydrogen) atoms. The number of hydrogen-bond acceptors (Lipinski definition) is 10. The van der Waals surface area contributed by atoms with Gasteiger partial charge < -0.3 is 20.4 Å². The number of carboxylic acids is 1. The number of benzene rings is 3. The van der Waals surface area contributed by atoms with E-state index < -0.39 is 58.8 Å². The summed E-state index contributed by atoms with van der Waals surface area (Å²) in [7, 11) is 1.71. The van der Waals surface area contributed by atoms with Gasteiger partial charge in [-0.1, -0.05) is 18.2 Å². The minimum Gasteiger partial charge on any atom is -0.503 e. The molecule has 1 saturated carbocycles. The van der Waals surface area contributed by atoms with E-state index in [1.807, 2.05) is 59.7 Å². The predicted octanol–water partition coefficient (Wildman–Crippen LogP) is 6.50. The first-order chi connectivity index (χ1) is 32.4. The highest BCUT2D eigenvalue weighted by atomic mass is 19.4. The molecule has 0 unspecified atom stereocenters. The molecule has 3 amide bonds. The van der Waals surface area contributed by atoms with Crippen LogP contribution in [0.2, 0.25) is 0 Å². The summed E-state index contributed by atoms with van der Waals surface area (Å²) in [5, 5.41) is 27.2. The molecule has 3 fully saturated rings. The summed E-state index contributed by atoms with van der Waals surface area (Å²) in [5.41, 5.74) is 4.20. The highest BCUT2D eigenvalue weighted by Gasteiger charge is 2.38. The van der Waals surface area contributed by atoms with Gasteiger partial charge in [-0.3, -0.25) is 33.5 Å². The van der Waals surface area contributed by atoms with Gasteiger partial charge in [0.05, 0.1) is 28.2 Å². The van der Waals surface area contributed by atoms with Crippen molar-refractivity contribution in [1.29, 1.82) is 0 Å². The van der Waals surface area contributed by atoms with Crippen LogP contribution in [0.3, 0.4) is 0 Å². The number of hydrogen-bond donors (Lipinski definition) is 4. The number of phenolic OH excluding ortho intramolecular Hbond substituents is 1. The Kier molecular flexibility index (Phi) is 13.3. The normalized spacial score (nSPS) is 19.2. The van der Waals surface area contributed by atoms with E-state index in [0.717, 1.165) is 91.1 Å². The van der Waals surface area contributed by atoms with Crippen LogP contribution < -0.4 is 21.2 Å². The number of phenols is 1. The van der Waals surface area contributed by atoms with Crippen molar-refractivity contribution >= 4 is 51.6 Å². The molecule has 9 rings (SSSR count). The molecule has 0 radical (unpaired) electrons. The standard InChI is InChI=1S/C44H44F3N9O5.C2HF3O2/c1-53-36-17-26(4-9-34(36)56(44(53)61)35-10-11-37(57)51-42(35)60)16-24-12-14-54(15-13-24)43-49-21-29(22-50-43)27-5-6-28-23-55(52-33(28)18-27)30-7-2-25(3-8-30)20-48-41(59)31-19-32(45)40(58)39(47)38(31)46;3-2(4,5)1(6)7/h4-6,9,17-19,21-25,30,35,58H,2-3,7-8,10-16,20H2,1H3,(H,48,59)(H,51,57,60);(H,6,7)/t25?,30?,35-;/m1./s1. The number of amides is 3. The molecule has 16 nitrogen and oxygen atoms in total. The number of nitrogens with one attached hydrogen (secondary N) is 2. The zero-order chi connectivity index (χ0) is 48.6. The fourth-order valence-corrected chi connectivity index (χ4v) is 9.17. The molecule has 2 aliphatic heterocycles. The number of aromatic nitrogens is 6. The SMILES string of the molecule is Cn1c(=O)n([C@@H]2CCC(=O)NC2=O)c2ccc(CC3CCN(c4ncc(-c5ccc6cn(C7CCC(CNC(=O)c8cc(F)c(O)c(F)c8F)CC7)nc6c5)cn4)CC3)cc21.O=C(O)C(F)(F)F. The lowest BCUT2D eigenvalue weighted by molar-refractivity contribution is -0.192. The molecule has 3 aliphatic rings. The first kappa shape index (κ1) is 47.2. The zero-order valence-electron chi connectivity index (χ0n) is 36.4. The monoisotopic (exact) mass is 949 g/mol. The number of aryl methyl sites for hydroxylation is 1. The molecule has 5 heterocycles. The third-order valence-corrected chi connectivity index (χ3v) is 13.0. The van der Waals surface area contributed by atoms with E-state index in [9.17, 15) is 50.6 Å². The molecule has 0 bridgehead atoms. The Morgan fingerprint density at radius 3 is 2.21 bits per heavy atom. The van der Waals surface area contributed by atoms with Gasteiger partial charge in [-0.05, 0) is 98.6 Å². The van der Waals surface area contributed by atoms with Crippen molar-refractivity contribution in [2.24, 2.45) is 18.9 Å². The van der Waals surface area contributed by atoms with Crippen molar-refractivity contribution in [2.75, 3.05) is 24.5 Å². The Balaban J connectivity index is 0.000000830. The van der Waals surface area contributed by atoms with Gasteiger partial charge in [0.2, 0.25) is 23.6 Å². The fourth-order valence-electron chi connectivity index (χ4n) is 9.17. The Morgan fingerprint density at radius 1 is 0.853 bits per heavy atom. The van der Waals surface area contributed by atoms with Crippen LogP contribution in [0.4, 0.5) is 32.3 Å². The number of piperidine rings is 2. The third kappa shape index (κ3) is 9.89. The number of carbonyl (C=O) groups excluding carboxylic acids is 3. The number of nitrogens with zero attached hydrogens (tertiary/aromatic N) is 7. The van der Waals surface area contributed by atoms with Crippen LogP contribution in [0.25, 0.3) is 33.1 Å². The van der Waals surface area contributed by atoms with Crippen molar-refractivity contribution in [3.63, 3.8) is 0 Å². The quantitative estimate of drug-likeness (QED) is 0.0699. The number of carbonyl (C=O) groups is 4. The van der Waals surface area contributed by atoms with Crippen LogP contribution in [0.5, 0.6) is 5.75 Å². The van der Waals surface area contributed by atoms with Crippen LogP contribution >= 0.6 is 0 Å². The van der Waals surface area contributed by atoms with Crippen LogP contribution in [-0.4, -0.2) is 88.6 Å². The van der Waals surface area contributed by atoms with E-state index in [4.69, 9.17) is 25.0 Å². The van der Waals surface area contributed by atoms with Crippen molar-refractivity contribution in [1.82, 2.24) is 39.5 Å². The summed E-state index contributed by atoms with van der Waals surface area (Å²) in [6.07, 6.45) is 7.10. The number of aromatic hydroxyl groups is 1. The van der Waals surface area contributed by atoms with Crippen molar-refractivity contribution in [3.05, 3.63) is 100 Å². The topological polar surface area (TPSA) is 207 Å². The van der Waals surface area contributed by atoms with Gasteiger partial charge in [-0.2, -0.15) is 22.7 Å². The van der Waals surface area contributed by atoms with Gasteiger partial charge in [-0.15, -0.1) is 0 Å². The van der Waals surface area contributed by atoms with Crippen LogP contribution in [0, 0.1) is 29.3 Å². The number of imidazole rings is 1. The van der Waals surface area contributed by atoms with Gasteiger partial charge in [0.15, 0.2) is 17.4 Å². The minimum absolute atomic E-state index is 0.107. The smallest absolute Gasteiger partial charge is 0.490 e. The number of carboxylic acid groups (broad SMARTS) is 1. The van der Waals surface area contributed by atoms with Gasteiger partial charge in [0, 0.05) is 62.6 Å². The number of aliphatic carboxylic acids is 1. The summed E-state index contributed by atoms with van der Waals surface area (Å²) in [6, 6.07) is 12.0. The van der Waals surface area contributed by atoms with E-state index in [2.05, 4.69) is 15.5 Å². The summed E-state index contributed by atoms with van der Waals surface area (Å²) in [5.74, 6) is -9.44. The Morgan fingerprint density at radius 2 is 1.54 bits per heavy atom. The Bertz CT molecular complexity index is 2970. The molecule has 1 atom stereocenters. The van der Waals surface area contributed by atoms with Gasteiger partial charge in [0.25, 0.3) is 5.91 Å². The van der Waals surface area contributed by atoms with E-state index >= 15 is 0 Å². The average Bonchev–Trinajstić information content (AvgIpc) is 3.86. The van der Waals surface area contributed by atoms with E-state index in [1.54, 1.807) is 11.6 Å². The summed E-state index contributed by atoms with van der Waals surface area (Å²) in [6.45, 7) is 1.87. The molecule has 3 aromatic heterocycles. The van der Waals surface area contributed by atoms with Gasteiger partial charge in [-0.25, -0.2) is 28.3 Å². The first-order valence-corrected chi connectivity index (χ1v) is 21.9. The highest BCUT2D eigenvalue weighted by Crippen LogP contribution is 2.34. The lowest BCUT2D eigenvalue weighted by Crippen LogP contribution is -2.44. The lowest BCUT2D eigenvalue weighted by atomic mass is 9.86. The molecular weight excluding hydrogens is 905 g/mol. The lowest BCUT2D eigenvalue weighted by Gasteiger charge is -2.32. The Labute approximate surface area is 382 Å². The van der Waals surface area contributed by atoms with E-state index in [1.165, 1.54) is 4.57 Å². The van der Waals surface area contributed by atoms with Gasteiger partial charge in [0.1, 0.15) is 6.04 Å². The second kappa shape index (κ2) is 19.2. The predicted molar refractivity (Wildman–Crippen MR) is 233 cm³/mol. The second-order valence-electron chi connectivity index (χ2n) is 17.4. The summed E-state index contributed by atoms with van der Waals surface area (Å²) >= 11 is 0. The maximum atomic E-state index is 14.1. The number of fused-ring (bicyclic) bond motifs is 2. The van der Waals surface area contributed by atoms with Crippen LogP contribution in [-0.2, 0) is 27.9 Å². The number of halogens is 6. The highest BCUT2D eigenvalue weighted by molar-refractivity contribution is 6.00. The maximum absolute atomic E-state index is 14.1. The molecule has 22 heteroatoms. The summed E-state index contributed by atoms with van der Waals surface area (Å²) in [4.78, 5) is 70.5. The first-order valence-electron chi connectivity index (χ1n) is 21.9. The van der Waals surface area contributed by atoms with E-state index in [-0.39, 0.29) is 36.5 Å². The number of anilines is 1. The zero-order valence-corrected chi connectivity index (χ0v) is 36.4. The Hall–Kier alpha value is -7.26. The molecular formula is C46H45F6N9O7. The molecule has 6 aromatic rings. The molecule has 2 saturated heterocycles. The number of alkyl halides is 3. The van der Waals surface area contributed by atoms with Crippen LogP contribution in [0.1, 0.15) is 79.4 Å². The van der Waals surface area contributed by atoms with Gasteiger partial charge >= 0.3 is 17.8 Å². The van der Waals surface area contributed by atoms with Crippen LogP contribution in [0.15, 0.2) is 65.8 Å². The van der Waals surface area contributed by atoms with Crippen molar-refractivity contribution < 1.29 is 55.7 Å². The largest absolute Gasteiger partial charge is 0.503 e. The molecule has 3 aromatic carbocycles. The minimum atomic E-state index is -5.08. The second-order valence-corrected chi connectivity index (χ2v) is 17.4.